The summed E-state index contributed by atoms with van der Waals surface area (Å²) in [6.45, 7) is 3.44. The molecule has 8 heteroatoms. The number of nitrogens with zero attached hydrogens (tertiary/aromatic N) is 1. The molecule has 1 fully saturated rings. The Kier molecular flexibility index (Phi) is 9.65. The maximum absolute atomic E-state index is 14.0. The Morgan fingerprint density at radius 2 is 1.78 bits per heavy atom. The van der Waals surface area contributed by atoms with Crippen LogP contribution in [-0.4, -0.2) is 62.3 Å². The Hall–Kier alpha value is -3.26. The van der Waals surface area contributed by atoms with Crippen molar-refractivity contribution in [1.29, 1.82) is 0 Å². The van der Waals surface area contributed by atoms with Gasteiger partial charge in [0.15, 0.2) is 11.5 Å². The summed E-state index contributed by atoms with van der Waals surface area (Å²) in [5.41, 5.74) is 0.719. The zero-order valence-corrected chi connectivity index (χ0v) is 21.8. The molecule has 0 radical (unpaired) electrons. The van der Waals surface area contributed by atoms with Crippen molar-refractivity contribution in [3.63, 3.8) is 0 Å². The summed E-state index contributed by atoms with van der Waals surface area (Å²) in [5, 5.41) is 3.23. The molecule has 200 valence electrons. The largest absolute Gasteiger partial charge is 0.497 e. The van der Waals surface area contributed by atoms with Gasteiger partial charge in [-0.2, -0.15) is 0 Å². The zero-order chi connectivity index (χ0) is 26.0. The van der Waals surface area contributed by atoms with Crippen molar-refractivity contribution >= 4 is 11.8 Å². The second-order valence-electron chi connectivity index (χ2n) is 9.47. The van der Waals surface area contributed by atoms with Crippen molar-refractivity contribution in [1.82, 2.24) is 10.2 Å². The van der Waals surface area contributed by atoms with E-state index in [1.54, 1.807) is 18.1 Å². The van der Waals surface area contributed by atoms with Crippen molar-refractivity contribution in [2.45, 2.75) is 63.6 Å². The Bertz CT molecular complexity index is 1020. The third-order valence-electron chi connectivity index (χ3n) is 6.90. The molecule has 0 spiro atoms. The zero-order valence-electron chi connectivity index (χ0n) is 21.8. The predicted octanol–water partition coefficient (Wildman–Crippen LogP) is 4.28. The lowest BCUT2D eigenvalue weighted by atomic mass is 9.94. The smallest absolute Gasteiger partial charge is 0.268 e. The van der Waals surface area contributed by atoms with Gasteiger partial charge in [-0.25, -0.2) is 0 Å². The van der Waals surface area contributed by atoms with E-state index in [4.69, 9.17) is 18.9 Å². The first-order chi connectivity index (χ1) is 18.1. The molecule has 1 N–H and O–H groups in total. The summed E-state index contributed by atoms with van der Waals surface area (Å²) >= 11 is 0. The van der Waals surface area contributed by atoms with E-state index in [2.05, 4.69) is 5.32 Å². The number of nitrogens with one attached hydrogen (secondary N) is 1. The highest BCUT2D eigenvalue weighted by molar-refractivity contribution is 5.91. The van der Waals surface area contributed by atoms with Crippen LogP contribution in [-0.2, 0) is 14.3 Å². The molecule has 2 aromatic rings. The second-order valence-corrected chi connectivity index (χ2v) is 9.47. The number of carbonyl (C=O) groups is 2. The Labute approximate surface area is 219 Å². The average Bonchev–Trinajstić information content (AvgIpc) is 2.94. The molecule has 1 saturated carbocycles. The van der Waals surface area contributed by atoms with Crippen molar-refractivity contribution in [3.05, 3.63) is 54.1 Å². The van der Waals surface area contributed by atoms with Crippen LogP contribution >= 0.6 is 0 Å². The van der Waals surface area contributed by atoms with Gasteiger partial charge in [0.05, 0.1) is 7.11 Å². The number of fused-ring (bicyclic) bond motifs is 1. The molecule has 0 unspecified atom stereocenters. The Morgan fingerprint density at radius 3 is 2.49 bits per heavy atom. The molecule has 2 aliphatic rings. The van der Waals surface area contributed by atoms with E-state index >= 15 is 0 Å². The molecule has 0 bridgehead atoms. The van der Waals surface area contributed by atoms with E-state index in [1.165, 1.54) is 6.42 Å². The van der Waals surface area contributed by atoms with Crippen LogP contribution in [0.15, 0.2) is 48.5 Å². The number of ether oxygens (including phenoxy) is 4. The molecule has 1 aliphatic carbocycles. The number of rotatable bonds is 11. The van der Waals surface area contributed by atoms with Gasteiger partial charge >= 0.3 is 0 Å². The van der Waals surface area contributed by atoms with Crippen LogP contribution < -0.4 is 19.5 Å². The summed E-state index contributed by atoms with van der Waals surface area (Å²) in [5.74, 6) is 1.35. The van der Waals surface area contributed by atoms with Crippen molar-refractivity contribution in [2.75, 3.05) is 33.5 Å². The first kappa shape index (κ1) is 26.8. The third kappa shape index (κ3) is 6.95. The molecule has 4 rings (SSSR count). The molecule has 1 aliphatic heterocycles. The molecule has 2 amide bonds. The number of para-hydroxylation sites is 2. The van der Waals surface area contributed by atoms with Crippen molar-refractivity contribution in [2.24, 2.45) is 0 Å². The van der Waals surface area contributed by atoms with Gasteiger partial charge in [-0.3, -0.25) is 9.59 Å². The average molecular weight is 511 g/mol. The van der Waals surface area contributed by atoms with Gasteiger partial charge in [-0.1, -0.05) is 43.5 Å². The molecule has 37 heavy (non-hydrogen) atoms. The highest BCUT2D eigenvalue weighted by atomic mass is 16.6. The van der Waals surface area contributed by atoms with Gasteiger partial charge in [-0.15, -0.1) is 0 Å². The number of amides is 2. The fraction of sp³-hybridized carbons (Fsp3) is 0.517. The van der Waals surface area contributed by atoms with Crippen LogP contribution in [0.5, 0.6) is 17.2 Å². The summed E-state index contributed by atoms with van der Waals surface area (Å²) in [6.07, 6.45) is 5.03. The molecule has 2 atom stereocenters. The summed E-state index contributed by atoms with van der Waals surface area (Å²) in [7, 11) is 1.60. The van der Waals surface area contributed by atoms with E-state index < -0.39 is 12.1 Å². The minimum absolute atomic E-state index is 0.0807. The van der Waals surface area contributed by atoms with E-state index in [0.29, 0.717) is 43.4 Å². The van der Waals surface area contributed by atoms with Crippen molar-refractivity contribution < 1.29 is 28.5 Å². The highest BCUT2D eigenvalue weighted by Crippen LogP contribution is 2.33. The van der Waals surface area contributed by atoms with Crippen LogP contribution in [0, 0.1) is 0 Å². The van der Waals surface area contributed by atoms with Crippen LogP contribution in [0.2, 0.25) is 0 Å². The maximum atomic E-state index is 14.0. The molecule has 1 heterocycles. The minimum Gasteiger partial charge on any atom is -0.497 e. The molecule has 0 saturated heterocycles. The lowest BCUT2D eigenvalue weighted by Crippen LogP contribution is -2.52. The number of methoxy groups -OCH3 is 1. The highest BCUT2D eigenvalue weighted by Gasteiger charge is 2.38. The minimum atomic E-state index is -0.856. The fourth-order valence-corrected chi connectivity index (χ4v) is 4.96. The third-order valence-corrected chi connectivity index (χ3v) is 6.90. The standard InChI is InChI=1S/C29H38N2O6/c1-3-35-19-9-18-31(29(33)26-20-36-24-12-7-8-13-25(24)37-26)27(21-14-16-23(34-2)17-15-21)28(32)30-22-10-5-4-6-11-22/h7-8,12-17,22,26-27H,3-6,9-11,18-20H2,1-2H3,(H,30,32)/t26-,27-/m0/s1. The number of hydrogen-bond acceptors (Lipinski definition) is 6. The Morgan fingerprint density at radius 1 is 1.05 bits per heavy atom. The van der Waals surface area contributed by atoms with Crippen LogP contribution in [0.1, 0.15) is 57.1 Å². The van der Waals surface area contributed by atoms with Gasteiger partial charge in [0.25, 0.3) is 5.91 Å². The number of carbonyl (C=O) groups excluding carboxylic acids is 2. The lowest BCUT2D eigenvalue weighted by Gasteiger charge is -2.36. The molecule has 8 nitrogen and oxygen atoms in total. The van der Waals surface area contributed by atoms with Gasteiger partial charge in [-0.05, 0) is 56.0 Å². The van der Waals surface area contributed by atoms with E-state index in [-0.39, 0.29) is 24.5 Å². The first-order valence-corrected chi connectivity index (χ1v) is 13.3. The van der Waals surface area contributed by atoms with E-state index in [1.807, 2.05) is 49.4 Å². The lowest BCUT2D eigenvalue weighted by molar-refractivity contribution is -0.149. The predicted molar refractivity (Wildman–Crippen MR) is 140 cm³/mol. The van der Waals surface area contributed by atoms with Crippen LogP contribution in [0.3, 0.4) is 0 Å². The molecule has 2 aromatic carbocycles. The number of benzene rings is 2. The summed E-state index contributed by atoms with van der Waals surface area (Å²) < 4.78 is 22.8. The summed E-state index contributed by atoms with van der Waals surface area (Å²) in [6, 6.07) is 13.9. The van der Waals surface area contributed by atoms with E-state index in [0.717, 1.165) is 31.2 Å². The summed E-state index contributed by atoms with van der Waals surface area (Å²) in [4.78, 5) is 29.5. The van der Waals surface area contributed by atoms with E-state index in [9.17, 15) is 9.59 Å². The second kappa shape index (κ2) is 13.3. The van der Waals surface area contributed by atoms with Gasteiger partial charge in [0.1, 0.15) is 18.4 Å². The van der Waals surface area contributed by atoms with Gasteiger partial charge in [0, 0.05) is 25.8 Å². The monoisotopic (exact) mass is 510 g/mol. The first-order valence-electron chi connectivity index (χ1n) is 13.3. The van der Waals surface area contributed by atoms with Gasteiger partial charge in [0.2, 0.25) is 12.0 Å². The molecule has 0 aromatic heterocycles. The maximum Gasteiger partial charge on any atom is 0.268 e. The quantitative estimate of drug-likeness (QED) is 0.454. The normalized spacial score (nSPS) is 18.1. The topological polar surface area (TPSA) is 86.3 Å². The Balaban J connectivity index is 1.62. The van der Waals surface area contributed by atoms with Crippen LogP contribution in [0.25, 0.3) is 0 Å². The molecular weight excluding hydrogens is 472 g/mol. The fourth-order valence-electron chi connectivity index (χ4n) is 4.96. The molecular formula is C29H38N2O6. The van der Waals surface area contributed by atoms with Gasteiger partial charge < -0.3 is 29.2 Å². The SMILES string of the molecule is CCOCCCN(C(=O)[C@@H]1COc2ccccc2O1)[C@H](C(=O)NC1CCCCC1)c1ccc(OC)cc1. The van der Waals surface area contributed by atoms with Crippen molar-refractivity contribution in [3.8, 4) is 17.2 Å². The van der Waals surface area contributed by atoms with Crippen LogP contribution in [0.4, 0.5) is 0 Å². The number of hydrogen-bond donors (Lipinski definition) is 1.